The SMILES string of the molecule is C/C=C1\CN2CCC1CC2C(O)c1ccnc2ccc(O)cc12.Cl. The number of phenols is 1. The van der Waals surface area contributed by atoms with Crippen molar-refractivity contribution in [1.29, 1.82) is 0 Å². The van der Waals surface area contributed by atoms with Crippen molar-refractivity contribution in [1.82, 2.24) is 9.88 Å². The highest BCUT2D eigenvalue weighted by molar-refractivity contribution is 5.85. The molecule has 0 amide bonds. The van der Waals surface area contributed by atoms with Crippen LogP contribution >= 0.6 is 12.4 Å². The number of halogens is 1. The van der Waals surface area contributed by atoms with Gasteiger partial charge >= 0.3 is 0 Å². The predicted molar refractivity (Wildman–Crippen MR) is 97.5 cm³/mol. The summed E-state index contributed by atoms with van der Waals surface area (Å²) >= 11 is 0. The van der Waals surface area contributed by atoms with Crippen molar-refractivity contribution in [2.45, 2.75) is 31.9 Å². The standard InChI is InChI=1S/C19H22N2O2.ClH/c1-2-12-11-21-8-6-13(12)9-18(21)19(23)15-5-7-20-17-4-3-14(22)10-16(15)17;/h2-5,7,10,13,18-19,22-23H,6,8-9,11H2,1H3;1H/b12-2+;. The van der Waals surface area contributed by atoms with Crippen LogP contribution in [0.25, 0.3) is 10.9 Å². The van der Waals surface area contributed by atoms with Crippen LogP contribution in [0.3, 0.4) is 0 Å². The van der Waals surface area contributed by atoms with Crippen molar-refractivity contribution < 1.29 is 10.2 Å². The van der Waals surface area contributed by atoms with E-state index in [0.29, 0.717) is 5.92 Å². The van der Waals surface area contributed by atoms with Crippen LogP contribution in [0.1, 0.15) is 31.4 Å². The summed E-state index contributed by atoms with van der Waals surface area (Å²) in [5, 5.41) is 21.7. The van der Waals surface area contributed by atoms with E-state index in [1.54, 1.807) is 24.4 Å². The molecule has 3 saturated heterocycles. The van der Waals surface area contributed by atoms with Gasteiger partial charge in [-0.15, -0.1) is 12.4 Å². The summed E-state index contributed by atoms with van der Waals surface area (Å²) < 4.78 is 0. The second-order valence-corrected chi connectivity index (χ2v) is 6.67. The normalized spacial score (nSPS) is 28.8. The first kappa shape index (κ1) is 17.2. The minimum absolute atomic E-state index is 0. The van der Waals surface area contributed by atoms with E-state index in [4.69, 9.17) is 0 Å². The number of aromatic hydroxyl groups is 1. The highest BCUT2D eigenvalue weighted by Gasteiger charge is 2.40. The number of nitrogens with zero attached hydrogens (tertiary/aromatic N) is 2. The molecular weight excluding hydrogens is 324 g/mol. The summed E-state index contributed by atoms with van der Waals surface area (Å²) in [5.41, 5.74) is 3.19. The van der Waals surface area contributed by atoms with Gasteiger partial charge in [-0.1, -0.05) is 11.6 Å². The highest BCUT2D eigenvalue weighted by atomic mass is 35.5. The molecule has 3 fully saturated rings. The molecule has 4 nitrogen and oxygen atoms in total. The molecule has 4 unspecified atom stereocenters. The topological polar surface area (TPSA) is 56.6 Å². The number of allylic oxidation sites excluding steroid dienone is 1. The fraction of sp³-hybridized carbons (Fsp3) is 0.421. The van der Waals surface area contributed by atoms with Gasteiger partial charge in [0.1, 0.15) is 5.75 Å². The first-order valence-corrected chi connectivity index (χ1v) is 8.32. The molecule has 2 aromatic rings. The van der Waals surface area contributed by atoms with Crippen LogP contribution in [-0.4, -0.2) is 39.2 Å². The maximum Gasteiger partial charge on any atom is 0.116 e. The van der Waals surface area contributed by atoms with Gasteiger partial charge in [-0.3, -0.25) is 9.88 Å². The lowest BCUT2D eigenvalue weighted by Gasteiger charge is -2.48. The number of fused-ring (bicyclic) bond motifs is 4. The maximum atomic E-state index is 11.0. The average molecular weight is 347 g/mol. The van der Waals surface area contributed by atoms with Crippen molar-refractivity contribution in [3.63, 3.8) is 0 Å². The zero-order valence-electron chi connectivity index (χ0n) is 13.7. The molecule has 2 N–H and O–H groups in total. The van der Waals surface area contributed by atoms with Crippen LogP contribution < -0.4 is 0 Å². The molecule has 4 atom stereocenters. The zero-order valence-corrected chi connectivity index (χ0v) is 14.5. The van der Waals surface area contributed by atoms with Gasteiger partial charge in [0.2, 0.25) is 0 Å². The molecule has 0 saturated carbocycles. The number of benzene rings is 1. The number of hydrogen-bond donors (Lipinski definition) is 2. The van der Waals surface area contributed by atoms with Crippen LogP contribution in [-0.2, 0) is 0 Å². The van der Waals surface area contributed by atoms with Gasteiger partial charge in [0.25, 0.3) is 0 Å². The van der Waals surface area contributed by atoms with Gasteiger partial charge in [-0.2, -0.15) is 0 Å². The molecule has 5 rings (SSSR count). The molecule has 3 aliphatic heterocycles. The van der Waals surface area contributed by atoms with Crippen LogP contribution in [0.4, 0.5) is 0 Å². The summed E-state index contributed by atoms with van der Waals surface area (Å²) in [6, 6.07) is 7.16. The third kappa shape index (κ3) is 2.79. The molecular formula is C19H23ClN2O2. The lowest BCUT2D eigenvalue weighted by atomic mass is 9.76. The molecule has 0 aliphatic carbocycles. The smallest absolute Gasteiger partial charge is 0.116 e. The molecule has 128 valence electrons. The van der Waals surface area contributed by atoms with Crippen molar-refractivity contribution in [2.75, 3.05) is 13.1 Å². The minimum atomic E-state index is -0.552. The summed E-state index contributed by atoms with van der Waals surface area (Å²) in [4.78, 5) is 6.74. The zero-order chi connectivity index (χ0) is 16.0. The van der Waals surface area contributed by atoms with E-state index in [0.717, 1.165) is 36.0 Å². The van der Waals surface area contributed by atoms with E-state index in [9.17, 15) is 10.2 Å². The van der Waals surface area contributed by atoms with Crippen molar-refractivity contribution >= 4 is 23.3 Å². The van der Waals surface area contributed by atoms with E-state index < -0.39 is 6.10 Å². The summed E-state index contributed by atoms with van der Waals surface area (Å²) in [6.07, 6.45) is 5.62. The van der Waals surface area contributed by atoms with E-state index in [2.05, 4.69) is 22.9 Å². The molecule has 2 bridgehead atoms. The number of aliphatic hydroxyl groups is 1. The monoisotopic (exact) mass is 346 g/mol. The number of rotatable bonds is 2. The fourth-order valence-corrected chi connectivity index (χ4v) is 4.22. The third-order valence-corrected chi connectivity index (χ3v) is 5.48. The molecule has 3 aliphatic rings. The Morgan fingerprint density at radius 1 is 1.33 bits per heavy atom. The molecule has 1 aromatic heterocycles. The first-order chi connectivity index (χ1) is 11.2. The lowest BCUT2D eigenvalue weighted by Crippen LogP contribution is -2.52. The summed E-state index contributed by atoms with van der Waals surface area (Å²) in [6.45, 7) is 4.14. The lowest BCUT2D eigenvalue weighted by molar-refractivity contribution is -0.00340. The average Bonchev–Trinajstić information content (AvgIpc) is 2.60. The van der Waals surface area contributed by atoms with E-state index >= 15 is 0 Å². The first-order valence-electron chi connectivity index (χ1n) is 8.32. The second-order valence-electron chi connectivity index (χ2n) is 6.67. The Balaban J connectivity index is 0.00000169. The van der Waals surface area contributed by atoms with E-state index in [1.165, 1.54) is 12.0 Å². The Labute approximate surface area is 148 Å². The van der Waals surface area contributed by atoms with E-state index in [1.807, 2.05) is 6.07 Å². The Bertz CT molecular complexity index is 777. The van der Waals surface area contributed by atoms with Crippen LogP contribution in [0.2, 0.25) is 0 Å². The van der Waals surface area contributed by atoms with Crippen molar-refractivity contribution in [2.24, 2.45) is 5.92 Å². The molecule has 24 heavy (non-hydrogen) atoms. The molecule has 4 heterocycles. The quantitative estimate of drug-likeness (QED) is 0.818. The summed E-state index contributed by atoms with van der Waals surface area (Å²) in [7, 11) is 0. The number of hydrogen-bond acceptors (Lipinski definition) is 4. The number of phenolic OH excluding ortho intramolecular Hbond substituents is 1. The van der Waals surface area contributed by atoms with Gasteiger partial charge in [0, 0.05) is 24.2 Å². The fourth-order valence-electron chi connectivity index (χ4n) is 4.22. The minimum Gasteiger partial charge on any atom is -0.508 e. The van der Waals surface area contributed by atoms with Gasteiger partial charge in [-0.25, -0.2) is 0 Å². The number of aromatic nitrogens is 1. The Kier molecular flexibility index (Phi) is 4.81. The maximum absolute atomic E-state index is 11.0. The van der Waals surface area contributed by atoms with Gasteiger partial charge in [-0.05, 0) is 62.1 Å². The number of piperidine rings is 3. The molecule has 0 radical (unpaired) electrons. The number of aliphatic hydroxyl groups excluding tert-OH is 1. The largest absolute Gasteiger partial charge is 0.508 e. The molecule has 1 aromatic carbocycles. The second kappa shape index (κ2) is 6.71. The molecule has 5 heteroatoms. The Hall–Kier alpha value is -1.62. The predicted octanol–water partition coefficient (Wildman–Crippen LogP) is 3.44. The van der Waals surface area contributed by atoms with Gasteiger partial charge in [0.15, 0.2) is 0 Å². The highest BCUT2D eigenvalue weighted by Crippen LogP contribution is 2.41. The van der Waals surface area contributed by atoms with Crippen molar-refractivity contribution in [3.05, 3.63) is 47.7 Å². The number of pyridine rings is 1. The Morgan fingerprint density at radius 2 is 2.17 bits per heavy atom. The molecule has 0 spiro atoms. The van der Waals surface area contributed by atoms with Crippen LogP contribution in [0.15, 0.2) is 42.1 Å². The van der Waals surface area contributed by atoms with Crippen molar-refractivity contribution in [3.8, 4) is 5.75 Å². The Morgan fingerprint density at radius 3 is 2.88 bits per heavy atom. The third-order valence-electron chi connectivity index (χ3n) is 5.48. The van der Waals surface area contributed by atoms with Gasteiger partial charge < -0.3 is 10.2 Å². The van der Waals surface area contributed by atoms with E-state index in [-0.39, 0.29) is 24.2 Å². The van der Waals surface area contributed by atoms with Crippen LogP contribution in [0, 0.1) is 5.92 Å². The van der Waals surface area contributed by atoms with Gasteiger partial charge in [0.05, 0.1) is 11.6 Å². The van der Waals surface area contributed by atoms with Crippen LogP contribution in [0.5, 0.6) is 5.75 Å². The summed E-state index contributed by atoms with van der Waals surface area (Å²) in [5.74, 6) is 0.812.